The average molecular weight is 362 g/mol. The fourth-order valence-electron chi connectivity index (χ4n) is 1.74. The van der Waals surface area contributed by atoms with E-state index in [-0.39, 0.29) is 5.69 Å². The van der Waals surface area contributed by atoms with Gasteiger partial charge in [-0.25, -0.2) is 13.8 Å². The average Bonchev–Trinajstić information content (AvgIpc) is 2.35. The van der Waals surface area contributed by atoms with Crippen LogP contribution in [0.25, 0.3) is 10.9 Å². The van der Waals surface area contributed by atoms with Gasteiger partial charge in [0.05, 0.1) is 5.52 Å². The van der Waals surface area contributed by atoms with E-state index in [4.69, 9.17) is 0 Å². The van der Waals surface area contributed by atoms with Crippen molar-refractivity contribution in [2.45, 2.75) is 19.8 Å². The molecule has 2 aromatic rings. The van der Waals surface area contributed by atoms with E-state index in [0.717, 1.165) is 27.6 Å². The Morgan fingerprint density at radius 3 is 2.78 bits per heavy atom. The molecule has 5 heteroatoms. The molecule has 0 bridgehead atoms. The molecule has 0 radical (unpaired) electrons. The van der Waals surface area contributed by atoms with Gasteiger partial charge in [0.25, 0.3) is 6.43 Å². The van der Waals surface area contributed by atoms with Crippen molar-refractivity contribution in [2.24, 2.45) is 0 Å². The van der Waals surface area contributed by atoms with Crippen molar-refractivity contribution in [3.05, 3.63) is 33.5 Å². The zero-order chi connectivity index (χ0) is 13.1. The Balaban J connectivity index is 2.57. The maximum Gasteiger partial charge on any atom is 0.280 e. The molecular weight excluding hydrogens is 349 g/mol. The van der Waals surface area contributed by atoms with Gasteiger partial charge >= 0.3 is 0 Å². The summed E-state index contributed by atoms with van der Waals surface area (Å²) in [7, 11) is 0. The molecule has 0 atom stereocenters. The Hall–Kier alpha value is -0.980. The Labute approximate surface area is 118 Å². The molecular formula is C13H13F2IN2. The summed E-state index contributed by atoms with van der Waals surface area (Å²) in [5.41, 5.74) is 1.16. The minimum absolute atomic E-state index is 0.178. The summed E-state index contributed by atoms with van der Waals surface area (Å²) in [5, 5.41) is 4.07. The molecule has 0 aliphatic carbocycles. The second-order valence-electron chi connectivity index (χ2n) is 3.98. The summed E-state index contributed by atoms with van der Waals surface area (Å²) >= 11 is 2.20. The summed E-state index contributed by atoms with van der Waals surface area (Å²) in [6, 6.07) is 7.05. The van der Waals surface area contributed by atoms with Crippen LogP contribution in [-0.4, -0.2) is 11.5 Å². The number of hydrogen-bond acceptors (Lipinski definition) is 2. The standard InChI is InChI=1S/C13H13F2IN2/c1-2-5-17-11-7-12(13(14)15)18-10-4-3-8(16)6-9(10)11/h3-4,6-7,13H,2,5H2,1H3,(H,17,18). The fraction of sp³-hybridized carbons (Fsp3) is 0.308. The predicted molar refractivity (Wildman–Crippen MR) is 78.2 cm³/mol. The summed E-state index contributed by atoms with van der Waals surface area (Å²) in [6.07, 6.45) is -1.60. The van der Waals surface area contributed by atoms with Gasteiger partial charge in [0.15, 0.2) is 0 Å². The number of anilines is 1. The van der Waals surface area contributed by atoms with Crippen LogP contribution in [0.5, 0.6) is 0 Å². The Morgan fingerprint density at radius 1 is 1.33 bits per heavy atom. The monoisotopic (exact) mass is 362 g/mol. The van der Waals surface area contributed by atoms with Crippen LogP contribution in [0.4, 0.5) is 14.5 Å². The lowest BCUT2D eigenvalue weighted by atomic mass is 10.1. The molecule has 0 aliphatic rings. The van der Waals surface area contributed by atoms with Crippen molar-refractivity contribution in [2.75, 3.05) is 11.9 Å². The second kappa shape index (κ2) is 5.77. The largest absolute Gasteiger partial charge is 0.384 e. The topological polar surface area (TPSA) is 24.9 Å². The molecule has 1 aromatic carbocycles. The van der Waals surface area contributed by atoms with Crippen molar-refractivity contribution < 1.29 is 8.78 Å². The Morgan fingerprint density at radius 2 is 2.11 bits per heavy atom. The summed E-state index contributed by atoms with van der Waals surface area (Å²) < 4.78 is 26.6. The highest BCUT2D eigenvalue weighted by atomic mass is 127. The maximum absolute atomic E-state index is 12.8. The first-order valence-corrected chi connectivity index (χ1v) is 6.82. The third-order valence-corrected chi connectivity index (χ3v) is 3.25. The SMILES string of the molecule is CCCNc1cc(C(F)F)nc2ccc(I)cc12. The number of hydrogen-bond donors (Lipinski definition) is 1. The molecule has 0 aliphatic heterocycles. The first-order valence-electron chi connectivity index (χ1n) is 5.74. The number of nitrogens with zero attached hydrogens (tertiary/aromatic N) is 1. The molecule has 96 valence electrons. The van der Waals surface area contributed by atoms with Crippen LogP contribution in [0, 0.1) is 3.57 Å². The molecule has 2 nitrogen and oxygen atoms in total. The normalized spacial score (nSPS) is 11.2. The highest BCUT2D eigenvalue weighted by Gasteiger charge is 2.13. The molecule has 0 amide bonds. The van der Waals surface area contributed by atoms with Crippen LogP contribution in [0.1, 0.15) is 25.5 Å². The molecule has 0 unspecified atom stereocenters. The van der Waals surface area contributed by atoms with Crippen LogP contribution in [0.15, 0.2) is 24.3 Å². The van der Waals surface area contributed by atoms with E-state index in [9.17, 15) is 8.78 Å². The molecule has 18 heavy (non-hydrogen) atoms. The molecule has 0 fully saturated rings. The van der Waals surface area contributed by atoms with Crippen LogP contribution >= 0.6 is 22.6 Å². The van der Waals surface area contributed by atoms with Crippen molar-refractivity contribution in [3.8, 4) is 0 Å². The first kappa shape index (κ1) is 13.5. The third-order valence-electron chi connectivity index (χ3n) is 2.58. The number of fused-ring (bicyclic) bond motifs is 1. The van der Waals surface area contributed by atoms with Gasteiger partial charge in [-0.2, -0.15) is 0 Å². The molecule has 1 heterocycles. The van der Waals surface area contributed by atoms with E-state index >= 15 is 0 Å². The van der Waals surface area contributed by atoms with Crippen LogP contribution in [0.2, 0.25) is 0 Å². The lowest BCUT2D eigenvalue weighted by Crippen LogP contribution is -2.03. The highest BCUT2D eigenvalue weighted by molar-refractivity contribution is 14.1. The highest BCUT2D eigenvalue weighted by Crippen LogP contribution is 2.28. The van der Waals surface area contributed by atoms with E-state index in [1.165, 1.54) is 6.07 Å². The van der Waals surface area contributed by atoms with Crippen molar-refractivity contribution >= 4 is 39.2 Å². The van der Waals surface area contributed by atoms with Gasteiger partial charge in [0.2, 0.25) is 0 Å². The Bertz CT molecular complexity index is 558. The number of halogens is 3. The number of aromatic nitrogens is 1. The quantitative estimate of drug-likeness (QED) is 0.805. The molecule has 1 aromatic heterocycles. The number of nitrogens with one attached hydrogen (secondary N) is 1. The van der Waals surface area contributed by atoms with Gasteiger partial charge in [-0.15, -0.1) is 0 Å². The zero-order valence-corrected chi connectivity index (χ0v) is 12.0. The Kier molecular flexibility index (Phi) is 4.31. The second-order valence-corrected chi connectivity index (χ2v) is 5.23. The summed E-state index contributed by atoms with van der Waals surface area (Å²) in [5.74, 6) is 0. The molecule has 2 rings (SSSR count). The number of alkyl halides is 2. The lowest BCUT2D eigenvalue weighted by Gasteiger charge is -2.11. The summed E-state index contributed by atoms with van der Waals surface area (Å²) in [4.78, 5) is 3.99. The minimum atomic E-state index is -2.55. The first-order chi connectivity index (χ1) is 8.61. The molecule has 0 saturated heterocycles. The predicted octanol–water partition coefficient (Wildman–Crippen LogP) is 4.60. The third kappa shape index (κ3) is 2.88. The maximum atomic E-state index is 12.8. The number of benzene rings is 1. The van der Waals surface area contributed by atoms with Gasteiger partial charge in [0, 0.05) is 21.2 Å². The summed E-state index contributed by atoms with van der Waals surface area (Å²) in [6.45, 7) is 2.79. The molecule has 0 saturated carbocycles. The van der Waals surface area contributed by atoms with E-state index in [2.05, 4.69) is 32.9 Å². The van der Waals surface area contributed by atoms with Crippen molar-refractivity contribution in [1.82, 2.24) is 4.98 Å². The zero-order valence-electron chi connectivity index (χ0n) is 9.88. The van der Waals surface area contributed by atoms with Crippen LogP contribution < -0.4 is 5.32 Å². The van der Waals surface area contributed by atoms with Crippen LogP contribution in [0.3, 0.4) is 0 Å². The van der Waals surface area contributed by atoms with E-state index in [1.807, 2.05) is 19.1 Å². The molecule has 1 N–H and O–H groups in total. The van der Waals surface area contributed by atoms with E-state index in [1.54, 1.807) is 6.07 Å². The van der Waals surface area contributed by atoms with E-state index < -0.39 is 6.43 Å². The lowest BCUT2D eigenvalue weighted by molar-refractivity contribution is 0.146. The number of rotatable bonds is 4. The molecule has 0 spiro atoms. The van der Waals surface area contributed by atoms with Gasteiger partial charge in [-0.3, -0.25) is 0 Å². The van der Waals surface area contributed by atoms with Gasteiger partial charge in [0.1, 0.15) is 5.69 Å². The smallest absolute Gasteiger partial charge is 0.280 e. The van der Waals surface area contributed by atoms with E-state index in [0.29, 0.717) is 5.52 Å². The van der Waals surface area contributed by atoms with Gasteiger partial charge < -0.3 is 5.32 Å². The fourth-order valence-corrected chi connectivity index (χ4v) is 2.23. The number of pyridine rings is 1. The van der Waals surface area contributed by atoms with Gasteiger partial charge in [-0.1, -0.05) is 6.92 Å². The minimum Gasteiger partial charge on any atom is -0.384 e. The van der Waals surface area contributed by atoms with Crippen LogP contribution in [-0.2, 0) is 0 Å². The van der Waals surface area contributed by atoms with Gasteiger partial charge in [-0.05, 0) is 53.3 Å². The van der Waals surface area contributed by atoms with Crippen molar-refractivity contribution in [1.29, 1.82) is 0 Å². The van der Waals surface area contributed by atoms with Crippen molar-refractivity contribution in [3.63, 3.8) is 0 Å².